The highest BCUT2D eigenvalue weighted by atomic mass is 16.5. The molecule has 0 bridgehead atoms. The van der Waals surface area contributed by atoms with Crippen LogP contribution in [0.5, 0.6) is 11.5 Å². The SMILES string of the molecule is COc1ccc(CNC(=O)c2cc(C(=O)NCc3ccccc3)ccc2OC)cc1. The Labute approximate surface area is 175 Å². The number of carbonyl (C=O) groups excluding carboxylic acids is 2. The van der Waals surface area contributed by atoms with Crippen LogP contribution in [0.3, 0.4) is 0 Å². The first-order valence-corrected chi connectivity index (χ1v) is 9.52. The number of nitrogens with one attached hydrogen (secondary N) is 2. The van der Waals surface area contributed by atoms with Crippen LogP contribution in [0.15, 0.2) is 72.8 Å². The molecule has 0 saturated carbocycles. The van der Waals surface area contributed by atoms with E-state index in [-0.39, 0.29) is 11.8 Å². The molecule has 3 rings (SSSR count). The van der Waals surface area contributed by atoms with E-state index >= 15 is 0 Å². The van der Waals surface area contributed by atoms with E-state index < -0.39 is 0 Å². The van der Waals surface area contributed by atoms with Gasteiger partial charge >= 0.3 is 0 Å². The van der Waals surface area contributed by atoms with Crippen LogP contribution in [0.4, 0.5) is 0 Å². The highest BCUT2D eigenvalue weighted by Crippen LogP contribution is 2.20. The van der Waals surface area contributed by atoms with Crippen molar-refractivity contribution in [3.63, 3.8) is 0 Å². The van der Waals surface area contributed by atoms with Crippen molar-refractivity contribution in [2.45, 2.75) is 13.1 Å². The Morgan fingerprint density at radius 3 is 2.00 bits per heavy atom. The summed E-state index contributed by atoms with van der Waals surface area (Å²) in [6.07, 6.45) is 0. The predicted octanol–water partition coefficient (Wildman–Crippen LogP) is 3.56. The summed E-state index contributed by atoms with van der Waals surface area (Å²) in [6.45, 7) is 0.751. The molecule has 6 nitrogen and oxygen atoms in total. The third kappa shape index (κ3) is 5.38. The van der Waals surface area contributed by atoms with E-state index in [0.717, 1.165) is 16.9 Å². The predicted molar refractivity (Wildman–Crippen MR) is 115 cm³/mol. The summed E-state index contributed by atoms with van der Waals surface area (Å²) >= 11 is 0. The summed E-state index contributed by atoms with van der Waals surface area (Å²) in [5.41, 5.74) is 2.62. The molecule has 0 radical (unpaired) electrons. The molecule has 0 aromatic heterocycles. The first-order valence-electron chi connectivity index (χ1n) is 9.52. The van der Waals surface area contributed by atoms with Crippen molar-refractivity contribution in [1.29, 1.82) is 0 Å². The smallest absolute Gasteiger partial charge is 0.255 e. The Kier molecular flexibility index (Phi) is 7.05. The fourth-order valence-electron chi connectivity index (χ4n) is 2.93. The Hall–Kier alpha value is -3.80. The van der Waals surface area contributed by atoms with Crippen LogP contribution in [0.1, 0.15) is 31.8 Å². The Bertz CT molecular complexity index is 1000. The standard InChI is InChI=1S/C24H24N2O4/c1-29-20-11-8-18(9-12-20)16-26-24(28)21-14-19(10-13-22(21)30-2)23(27)25-15-17-6-4-3-5-7-17/h3-14H,15-16H2,1-2H3,(H,25,27)(H,26,28). The second kappa shape index (κ2) is 10.1. The van der Waals surface area contributed by atoms with Crippen molar-refractivity contribution >= 4 is 11.8 Å². The summed E-state index contributed by atoms with van der Waals surface area (Å²) in [4.78, 5) is 25.3. The van der Waals surface area contributed by atoms with Crippen molar-refractivity contribution < 1.29 is 19.1 Å². The highest BCUT2D eigenvalue weighted by molar-refractivity contribution is 6.01. The van der Waals surface area contributed by atoms with Gasteiger partial charge in [-0.2, -0.15) is 0 Å². The van der Waals surface area contributed by atoms with Crippen LogP contribution in [0, 0.1) is 0 Å². The lowest BCUT2D eigenvalue weighted by atomic mass is 10.1. The molecule has 0 aliphatic carbocycles. The van der Waals surface area contributed by atoms with E-state index in [0.29, 0.717) is 30.0 Å². The van der Waals surface area contributed by atoms with E-state index in [4.69, 9.17) is 9.47 Å². The molecule has 0 atom stereocenters. The van der Waals surface area contributed by atoms with Crippen molar-refractivity contribution in [1.82, 2.24) is 10.6 Å². The molecule has 3 aromatic carbocycles. The second-order valence-electron chi connectivity index (χ2n) is 6.61. The minimum atomic E-state index is -0.319. The zero-order valence-electron chi connectivity index (χ0n) is 17.0. The molecule has 0 aliphatic heterocycles. The third-order valence-corrected chi connectivity index (χ3v) is 4.61. The van der Waals surface area contributed by atoms with Crippen LogP contribution in [0.25, 0.3) is 0 Å². The summed E-state index contributed by atoms with van der Waals surface area (Å²) in [5, 5.41) is 5.72. The number of amides is 2. The monoisotopic (exact) mass is 404 g/mol. The first kappa shape index (κ1) is 20.9. The zero-order valence-corrected chi connectivity index (χ0v) is 17.0. The van der Waals surface area contributed by atoms with E-state index in [1.165, 1.54) is 7.11 Å². The molecule has 2 N–H and O–H groups in total. The van der Waals surface area contributed by atoms with Gasteiger partial charge in [0.1, 0.15) is 11.5 Å². The van der Waals surface area contributed by atoms with Crippen molar-refractivity contribution in [2.24, 2.45) is 0 Å². The van der Waals surface area contributed by atoms with Crippen LogP contribution < -0.4 is 20.1 Å². The van der Waals surface area contributed by atoms with Gasteiger partial charge in [0.25, 0.3) is 11.8 Å². The average molecular weight is 404 g/mol. The number of carbonyl (C=O) groups is 2. The first-order chi connectivity index (χ1) is 14.6. The van der Waals surface area contributed by atoms with Crippen LogP contribution in [0.2, 0.25) is 0 Å². The van der Waals surface area contributed by atoms with Crippen molar-refractivity contribution in [3.8, 4) is 11.5 Å². The van der Waals surface area contributed by atoms with Crippen LogP contribution >= 0.6 is 0 Å². The fraction of sp³-hybridized carbons (Fsp3) is 0.167. The molecule has 3 aromatic rings. The van der Waals surface area contributed by atoms with Gasteiger partial charge in [-0.1, -0.05) is 42.5 Å². The quantitative estimate of drug-likeness (QED) is 0.602. The Balaban J connectivity index is 1.68. The summed E-state index contributed by atoms with van der Waals surface area (Å²) in [6, 6.07) is 21.9. The second-order valence-corrected chi connectivity index (χ2v) is 6.61. The molecule has 0 spiro atoms. The summed E-state index contributed by atoms with van der Waals surface area (Å²) < 4.78 is 10.4. The molecule has 0 saturated heterocycles. The lowest BCUT2D eigenvalue weighted by Crippen LogP contribution is -2.25. The number of rotatable bonds is 8. The van der Waals surface area contributed by atoms with E-state index in [1.807, 2.05) is 54.6 Å². The summed E-state index contributed by atoms with van der Waals surface area (Å²) in [5.74, 6) is 0.578. The number of methoxy groups -OCH3 is 2. The molecule has 0 unspecified atom stereocenters. The highest BCUT2D eigenvalue weighted by Gasteiger charge is 2.16. The van der Waals surface area contributed by atoms with Crippen molar-refractivity contribution in [3.05, 3.63) is 95.1 Å². The molecule has 2 amide bonds. The van der Waals surface area contributed by atoms with Crippen LogP contribution in [-0.2, 0) is 13.1 Å². The zero-order chi connectivity index (χ0) is 21.3. The number of ether oxygens (including phenoxy) is 2. The lowest BCUT2D eigenvalue weighted by Gasteiger charge is -2.12. The minimum Gasteiger partial charge on any atom is -0.497 e. The maximum atomic E-state index is 12.7. The van der Waals surface area contributed by atoms with Crippen LogP contribution in [-0.4, -0.2) is 26.0 Å². The molecular weight excluding hydrogens is 380 g/mol. The van der Waals surface area contributed by atoms with Gasteiger partial charge in [0, 0.05) is 18.7 Å². The summed E-state index contributed by atoms with van der Waals surface area (Å²) in [7, 11) is 3.09. The molecule has 6 heteroatoms. The van der Waals surface area contributed by atoms with Gasteiger partial charge in [-0.3, -0.25) is 9.59 Å². The van der Waals surface area contributed by atoms with E-state index in [9.17, 15) is 9.59 Å². The lowest BCUT2D eigenvalue weighted by molar-refractivity contribution is 0.0948. The molecule has 0 fully saturated rings. The van der Waals surface area contributed by atoms with Gasteiger partial charge in [0.05, 0.1) is 19.8 Å². The molecular formula is C24H24N2O4. The Morgan fingerprint density at radius 1 is 0.733 bits per heavy atom. The van der Waals surface area contributed by atoms with Gasteiger partial charge < -0.3 is 20.1 Å². The average Bonchev–Trinajstić information content (AvgIpc) is 2.81. The molecule has 30 heavy (non-hydrogen) atoms. The topological polar surface area (TPSA) is 76.7 Å². The maximum absolute atomic E-state index is 12.7. The normalized spacial score (nSPS) is 10.2. The molecule has 154 valence electrons. The largest absolute Gasteiger partial charge is 0.497 e. The minimum absolute atomic E-state index is 0.259. The Morgan fingerprint density at radius 2 is 1.37 bits per heavy atom. The van der Waals surface area contributed by atoms with Gasteiger partial charge in [-0.05, 0) is 41.5 Å². The third-order valence-electron chi connectivity index (χ3n) is 4.61. The molecule has 0 aliphatic rings. The molecule has 0 heterocycles. The number of benzene rings is 3. The van der Waals surface area contributed by atoms with E-state index in [2.05, 4.69) is 10.6 Å². The van der Waals surface area contributed by atoms with Crippen molar-refractivity contribution in [2.75, 3.05) is 14.2 Å². The van der Waals surface area contributed by atoms with Gasteiger partial charge in [0.15, 0.2) is 0 Å². The van der Waals surface area contributed by atoms with Gasteiger partial charge in [0.2, 0.25) is 0 Å². The van der Waals surface area contributed by atoms with Gasteiger partial charge in [-0.25, -0.2) is 0 Å². The number of hydrogen-bond donors (Lipinski definition) is 2. The van der Waals surface area contributed by atoms with E-state index in [1.54, 1.807) is 25.3 Å². The number of hydrogen-bond acceptors (Lipinski definition) is 4. The maximum Gasteiger partial charge on any atom is 0.255 e. The fourth-order valence-corrected chi connectivity index (χ4v) is 2.93. The van der Waals surface area contributed by atoms with Gasteiger partial charge in [-0.15, -0.1) is 0 Å².